The molecule has 1 aromatic heterocycles. The Kier molecular flexibility index (Phi) is 3.85. The zero-order chi connectivity index (χ0) is 15.0. The third-order valence-corrected chi connectivity index (χ3v) is 4.16. The normalized spacial score (nSPS) is 14.5. The van der Waals surface area contributed by atoms with Gasteiger partial charge < -0.3 is 10.5 Å². The number of halogens is 1. The van der Waals surface area contributed by atoms with Gasteiger partial charge in [-0.15, -0.1) is 0 Å². The Labute approximate surface area is 132 Å². The predicted molar refractivity (Wildman–Crippen MR) is 87.3 cm³/mol. The summed E-state index contributed by atoms with van der Waals surface area (Å²) < 4.78 is 6.49. The van der Waals surface area contributed by atoms with E-state index in [0.717, 1.165) is 21.5 Å². The quantitative estimate of drug-likeness (QED) is 0.902. The second-order valence-corrected chi connectivity index (χ2v) is 6.39. The molecule has 1 aromatic carbocycles. The average molecular weight is 348 g/mol. The summed E-state index contributed by atoms with van der Waals surface area (Å²) in [5.74, 6) is 2.55. The van der Waals surface area contributed by atoms with E-state index in [0.29, 0.717) is 17.6 Å². The van der Waals surface area contributed by atoms with E-state index < -0.39 is 0 Å². The second kappa shape index (κ2) is 5.64. The van der Waals surface area contributed by atoms with E-state index in [1.165, 1.54) is 12.8 Å². The van der Waals surface area contributed by atoms with Crippen LogP contribution in [-0.4, -0.2) is 16.1 Å². The van der Waals surface area contributed by atoms with Gasteiger partial charge in [0.25, 0.3) is 0 Å². The minimum absolute atomic E-state index is 0.164. The maximum atomic E-state index is 6.00. The molecule has 0 saturated heterocycles. The summed E-state index contributed by atoms with van der Waals surface area (Å²) in [4.78, 5) is 9.06. The van der Waals surface area contributed by atoms with Gasteiger partial charge in [-0.2, -0.15) is 0 Å². The molecule has 2 aromatic rings. The van der Waals surface area contributed by atoms with Gasteiger partial charge in [0, 0.05) is 11.5 Å². The van der Waals surface area contributed by atoms with Crippen molar-refractivity contribution in [3.05, 3.63) is 34.4 Å². The van der Waals surface area contributed by atoms with Crippen molar-refractivity contribution < 1.29 is 4.74 Å². The van der Waals surface area contributed by atoms with Crippen LogP contribution in [0.1, 0.15) is 38.3 Å². The molecular formula is C16H18BrN3O. The van der Waals surface area contributed by atoms with Crippen molar-refractivity contribution in [3.63, 3.8) is 0 Å². The van der Waals surface area contributed by atoms with Gasteiger partial charge >= 0.3 is 0 Å². The van der Waals surface area contributed by atoms with Crippen molar-refractivity contribution in [1.29, 1.82) is 0 Å². The predicted octanol–water partition coefficient (Wildman–Crippen LogP) is 4.15. The van der Waals surface area contributed by atoms with Gasteiger partial charge in [-0.25, -0.2) is 9.97 Å². The van der Waals surface area contributed by atoms with E-state index in [4.69, 9.17) is 10.5 Å². The van der Waals surface area contributed by atoms with E-state index in [1.54, 1.807) is 0 Å². The first kappa shape index (κ1) is 14.3. The Balaban J connectivity index is 1.93. The van der Waals surface area contributed by atoms with Crippen LogP contribution in [0.5, 0.6) is 5.75 Å². The third kappa shape index (κ3) is 3.18. The zero-order valence-electron chi connectivity index (χ0n) is 12.1. The molecule has 21 heavy (non-hydrogen) atoms. The number of anilines is 1. The second-order valence-electron chi connectivity index (χ2n) is 5.60. The molecule has 4 nitrogen and oxygen atoms in total. The van der Waals surface area contributed by atoms with Crippen molar-refractivity contribution in [1.82, 2.24) is 9.97 Å². The molecule has 1 fully saturated rings. The van der Waals surface area contributed by atoms with Crippen LogP contribution >= 0.6 is 15.9 Å². The summed E-state index contributed by atoms with van der Waals surface area (Å²) in [6.45, 7) is 4.02. The van der Waals surface area contributed by atoms with Gasteiger partial charge in [0.15, 0.2) is 5.82 Å². The molecule has 1 aliphatic rings. The lowest BCUT2D eigenvalue weighted by atomic mass is 10.2. The number of nitrogens with two attached hydrogens (primary N) is 1. The highest BCUT2D eigenvalue weighted by Crippen LogP contribution is 2.44. The standard InChI is InChI=1S/C16H18BrN3O/c1-9(2)21-12-7-5-11(6-8-12)16-19-14(10-3-4-10)13(17)15(18)20-16/h5-10H,3-4H2,1-2H3,(H2,18,19,20). The van der Waals surface area contributed by atoms with E-state index in [1.807, 2.05) is 38.1 Å². The molecule has 0 aliphatic heterocycles. The Morgan fingerprint density at radius 1 is 1.19 bits per heavy atom. The summed E-state index contributed by atoms with van der Waals surface area (Å²) in [7, 11) is 0. The lowest BCUT2D eigenvalue weighted by Gasteiger charge is -2.11. The van der Waals surface area contributed by atoms with Gasteiger partial charge in [-0.3, -0.25) is 0 Å². The van der Waals surface area contributed by atoms with Crippen molar-refractivity contribution >= 4 is 21.7 Å². The average Bonchev–Trinajstić information content (AvgIpc) is 3.26. The van der Waals surface area contributed by atoms with E-state index >= 15 is 0 Å². The van der Waals surface area contributed by atoms with E-state index in [2.05, 4.69) is 25.9 Å². The van der Waals surface area contributed by atoms with Crippen LogP contribution in [0.3, 0.4) is 0 Å². The van der Waals surface area contributed by atoms with Gasteiger partial charge in [-0.1, -0.05) is 0 Å². The molecule has 0 spiro atoms. The molecule has 5 heteroatoms. The zero-order valence-corrected chi connectivity index (χ0v) is 13.7. The maximum absolute atomic E-state index is 6.00. The van der Waals surface area contributed by atoms with E-state index in [9.17, 15) is 0 Å². The van der Waals surface area contributed by atoms with Crippen molar-refractivity contribution in [2.75, 3.05) is 5.73 Å². The maximum Gasteiger partial charge on any atom is 0.161 e. The first-order chi connectivity index (χ1) is 10.0. The highest BCUT2D eigenvalue weighted by molar-refractivity contribution is 9.10. The first-order valence-electron chi connectivity index (χ1n) is 7.14. The van der Waals surface area contributed by atoms with Crippen LogP contribution in [0.4, 0.5) is 5.82 Å². The summed E-state index contributed by atoms with van der Waals surface area (Å²) >= 11 is 3.50. The van der Waals surface area contributed by atoms with Gasteiger partial charge in [0.1, 0.15) is 11.6 Å². The molecule has 0 unspecified atom stereocenters. The highest BCUT2D eigenvalue weighted by Gasteiger charge is 2.29. The number of hydrogen-bond acceptors (Lipinski definition) is 4. The van der Waals surface area contributed by atoms with Gasteiger partial charge in [-0.05, 0) is 66.9 Å². The lowest BCUT2D eigenvalue weighted by molar-refractivity contribution is 0.242. The lowest BCUT2D eigenvalue weighted by Crippen LogP contribution is -2.05. The number of hydrogen-bond donors (Lipinski definition) is 1. The summed E-state index contributed by atoms with van der Waals surface area (Å²) in [5, 5.41) is 0. The molecular weight excluding hydrogens is 330 g/mol. The fourth-order valence-electron chi connectivity index (χ4n) is 2.19. The Bertz CT molecular complexity index is 651. The number of nitrogen functional groups attached to an aromatic ring is 1. The molecule has 2 N–H and O–H groups in total. The number of aromatic nitrogens is 2. The summed E-state index contributed by atoms with van der Waals surface area (Å²) in [6, 6.07) is 7.82. The third-order valence-electron chi connectivity index (χ3n) is 3.35. The van der Waals surface area contributed by atoms with Crippen LogP contribution < -0.4 is 10.5 Å². The molecule has 1 aliphatic carbocycles. The number of ether oxygens (including phenoxy) is 1. The van der Waals surface area contributed by atoms with Crippen LogP contribution in [0.25, 0.3) is 11.4 Å². The molecule has 0 radical (unpaired) electrons. The molecule has 110 valence electrons. The SMILES string of the molecule is CC(C)Oc1ccc(-c2nc(N)c(Br)c(C3CC3)n2)cc1. The van der Waals surface area contributed by atoms with Crippen LogP contribution in [0.2, 0.25) is 0 Å². The van der Waals surface area contributed by atoms with Crippen LogP contribution in [0, 0.1) is 0 Å². The molecule has 3 rings (SSSR count). The minimum Gasteiger partial charge on any atom is -0.491 e. The van der Waals surface area contributed by atoms with E-state index in [-0.39, 0.29) is 6.10 Å². The summed E-state index contributed by atoms with van der Waals surface area (Å²) in [5.41, 5.74) is 7.98. The van der Waals surface area contributed by atoms with Gasteiger partial charge in [0.05, 0.1) is 16.3 Å². The Morgan fingerprint density at radius 2 is 1.86 bits per heavy atom. The largest absolute Gasteiger partial charge is 0.491 e. The first-order valence-corrected chi connectivity index (χ1v) is 7.94. The van der Waals surface area contributed by atoms with Crippen LogP contribution in [0.15, 0.2) is 28.7 Å². The topological polar surface area (TPSA) is 61.0 Å². The summed E-state index contributed by atoms with van der Waals surface area (Å²) in [6.07, 6.45) is 2.52. The number of rotatable bonds is 4. The van der Waals surface area contributed by atoms with Gasteiger partial charge in [0.2, 0.25) is 0 Å². The highest BCUT2D eigenvalue weighted by atomic mass is 79.9. The molecule has 1 saturated carbocycles. The molecule has 0 bridgehead atoms. The van der Waals surface area contributed by atoms with Crippen molar-refractivity contribution in [2.24, 2.45) is 0 Å². The van der Waals surface area contributed by atoms with Crippen LogP contribution in [-0.2, 0) is 0 Å². The minimum atomic E-state index is 0.164. The molecule has 1 heterocycles. The van der Waals surface area contributed by atoms with Crippen molar-refractivity contribution in [3.8, 4) is 17.1 Å². The fraction of sp³-hybridized carbons (Fsp3) is 0.375. The number of nitrogens with zero attached hydrogens (tertiary/aromatic N) is 2. The van der Waals surface area contributed by atoms with Crippen molar-refractivity contribution in [2.45, 2.75) is 38.7 Å². The molecule has 0 atom stereocenters. The Hall–Kier alpha value is -1.62. The molecule has 0 amide bonds. The Morgan fingerprint density at radius 3 is 2.43 bits per heavy atom. The monoisotopic (exact) mass is 347 g/mol. The number of benzene rings is 1. The fourth-order valence-corrected chi connectivity index (χ4v) is 2.69. The smallest absolute Gasteiger partial charge is 0.161 e.